The molecule has 2 heterocycles. The van der Waals surface area contributed by atoms with Crippen LogP contribution in [0.4, 0.5) is 0 Å². The molecule has 0 amide bonds. The molecule has 8 heteroatoms. The van der Waals surface area contributed by atoms with Gasteiger partial charge in [-0.05, 0) is 31.9 Å². The Kier molecular flexibility index (Phi) is 4.91. The van der Waals surface area contributed by atoms with E-state index in [0.29, 0.717) is 17.9 Å². The van der Waals surface area contributed by atoms with Gasteiger partial charge in [-0.2, -0.15) is 4.31 Å². The van der Waals surface area contributed by atoms with Crippen LogP contribution in [0, 0.1) is 13.8 Å². The Bertz CT molecular complexity index is 870. The highest BCUT2D eigenvalue weighted by Crippen LogP contribution is 2.28. The van der Waals surface area contributed by atoms with Gasteiger partial charge in [-0.1, -0.05) is 17.7 Å². The summed E-state index contributed by atoms with van der Waals surface area (Å²) in [4.78, 5) is 8.48. The lowest BCUT2D eigenvalue weighted by molar-refractivity contribution is 0.194. The van der Waals surface area contributed by atoms with Gasteiger partial charge in [0.15, 0.2) is 0 Å². The Morgan fingerprint density at radius 3 is 2.56 bits per heavy atom. The normalized spacial score (nSPS) is 18.3. The van der Waals surface area contributed by atoms with Gasteiger partial charge in [0.2, 0.25) is 10.0 Å². The van der Waals surface area contributed by atoms with Gasteiger partial charge in [-0.3, -0.25) is 0 Å². The van der Waals surface area contributed by atoms with Crippen LogP contribution in [0.5, 0.6) is 11.8 Å². The van der Waals surface area contributed by atoms with Crippen LogP contribution in [0.3, 0.4) is 0 Å². The van der Waals surface area contributed by atoms with E-state index in [1.165, 1.54) is 23.8 Å². The molecule has 1 atom stereocenters. The fourth-order valence-corrected chi connectivity index (χ4v) is 4.62. The first kappa shape index (κ1) is 17.6. The third-order valence-corrected chi connectivity index (χ3v) is 6.19. The fourth-order valence-electron chi connectivity index (χ4n) is 2.93. The van der Waals surface area contributed by atoms with Crippen LogP contribution in [0.25, 0.3) is 0 Å². The summed E-state index contributed by atoms with van der Waals surface area (Å²) in [6.45, 7) is 4.43. The number of rotatable bonds is 5. The average molecular weight is 363 g/mol. The first-order chi connectivity index (χ1) is 11.9. The molecule has 0 aliphatic carbocycles. The SMILES string of the molecule is COc1nccnc1OC1CCN(S(=O)(=O)c2ccc(C)cc2C)C1. The Hall–Kier alpha value is -2.19. The zero-order valence-corrected chi connectivity index (χ0v) is 15.3. The summed E-state index contributed by atoms with van der Waals surface area (Å²) in [6.07, 6.45) is 3.32. The Labute approximate surface area is 147 Å². The summed E-state index contributed by atoms with van der Waals surface area (Å²) in [6, 6.07) is 5.36. The lowest BCUT2D eigenvalue weighted by atomic mass is 10.2. The highest BCUT2D eigenvalue weighted by molar-refractivity contribution is 7.89. The molecule has 2 aromatic rings. The predicted molar refractivity (Wildman–Crippen MR) is 92.3 cm³/mol. The van der Waals surface area contributed by atoms with Crippen molar-refractivity contribution >= 4 is 10.0 Å². The summed E-state index contributed by atoms with van der Waals surface area (Å²) >= 11 is 0. The number of nitrogens with zero attached hydrogens (tertiary/aromatic N) is 3. The Morgan fingerprint density at radius 2 is 1.88 bits per heavy atom. The van der Waals surface area contributed by atoms with Crippen molar-refractivity contribution in [1.82, 2.24) is 14.3 Å². The zero-order valence-electron chi connectivity index (χ0n) is 14.5. The molecule has 1 aromatic heterocycles. The summed E-state index contributed by atoms with van der Waals surface area (Å²) < 4.78 is 38.2. The quantitative estimate of drug-likeness (QED) is 0.807. The van der Waals surface area contributed by atoms with E-state index < -0.39 is 10.0 Å². The first-order valence-electron chi connectivity index (χ1n) is 8.01. The second-order valence-corrected chi connectivity index (χ2v) is 7.94. The van der Waals surface area contributed by atoms with Crippen molar-refractivity contribution < 1.29 is 17.9 Å². The lowest BCUT2D eigenvalue weighted by Crippen LogP contribution is -2.31. The number of ether oxygens (including phenoxy) is 2. The highest BCUT2D eigenvalue weighted by Gasteiger charge is 2.35. The molecule has 1 aliphatic rings. The molecule has 1 aliphatic heterocycles. The topological polar surface area (TPSA) is 81.6 Å². The molecule has 1 aromatic carbocycles. The molecule has 0 radical (unpaired) electrons. The number of aryl methyl sites for hydroxylation is 2. The number of hydrogen-bond acceptors (Lipinski definition) is 6. The molecule has 1 saturated heterocycles. The van der Waals surface area contributed by atoms with Crippen LogP contribution in [0.15, 0.2) is 35.5 Å². The van der Waals surface area contributed by atoms with Crippen LogP contribution >= 0.6 is 0 Å². The van der Waals surface area contributed by atoms with Gasteiger partial charge in [0.25, 0.3) is 11.8 Å². The monoisotopic (exact) mass is 363 g/mol. The predicted octanol–water partition coefficient (Wildman–Crippen LogP) is 1.94. The highest BCUT2D eigenvalue weighted by atomic mass is 32.2. The number of methoxy groups -OCH3 is 1. The molecule has 0 bridgehead atoms. The number of aromatic nitrogens is 2. The van der Waals surface area contributed by atoms with E-state index in [-0.39, 0.29) is 24.4 Å². The molecule has 0 saturated carbocycles. The minimum atomic E-state index is -3.54. The number of sulfonamides is 1. The van der Waals surface area contributed by atoms with E-state index in [0.717, 1.165) is 11.1 Å². The van der Waals surface area contributed by atoms with Crippen LogP contribution in [0.1, 0.15) is 17.5 Å². The van der Waals surface area contributed by atoms with Gasteiger partial charge in [0.1, 0.15) is 6.10 Å². The smallest absolute Gasteiger partial charge is 0.278 e. The van der Waals surface area contributed by atoms with Gasteiger partial charge in [0.05, 0.1) is 18.6 Å². The van der Waals surface area contributed by atoms with Crippen molar-refractivity contribution in [1.29, 1.82) is 0 Å². The second kappa shape index (κ2) is 6.97. The maximum absolute atomic E-state index is 12.9. The van der Waals surface area contributed by atoms with Crippen molar-refractivity contribution in [2.75, 3.05) is 20.2 Å². The van der Waals surface area contributed by atoms with Crippen molar-refractivity contribution in [3.63, 3.8) is 0 Å². The van der Waals surface area contributed by atoms with Gasteiger partial charge >= 0.3 is 0 Å². The van der Waals surface area contributed by atoms with Gasteiger partial charge < -0.3 is 9.47 Å². The maximum Gasteiger partial charge on any atom is 0.278 e. The molecule has 0 N–H and O–H groups in total. The third kappa shape index (κ3) is 3.59. The number of benzene rings is 1. The standard InChI is InChI=1S/C17H21N3O4S/c1-12-4-5-15(13(2)10-12)25(21,22)20-9-6-14(11-20)24-17-16(23-3)18-7-8-19-17/h4-5,7-8,10,14H,6,9,11H2,1-3H3. The summed E-state index contributed by atoms with van der Waals surface area (Å²) in [5.41, 5.74) is 1.79. The molecule has 134 valence electrons. The van der Waals surface area contributed by atoms with Crippen molar-refractivity contribution in [3.8, 4) is 11.8 Å². The third-order valence-electron chi connectivity index (χ3n) is 4.16. The number of hydrogen-bond donors (Lipinski definition) is 0. The summed E-state index contributed by atoms with van der Waals surface area (Å²) in [5.74, 6) is 0.568. The molecule has 1 fully saturated rings. The summed E-state index contributed by atoms with van der Waals surface area (Å²) in [5, 5.41) is 0. The fraction of sp³-hybridized carbons (Fsp3) is 0.412. The van der Waals surface area contributed by atoms with E-state index in [2.05, 4.69) is 9.97 Å². The second-order valence-electron chi connectivity index (χ2n) is 6.03. The lowest BCUT2D eigenvalue weighted by Gasteiger charge is -2.18. The Balaban J connectivity index is 1.76. The minimum absolute atomic E-state index is 0.273. The zero-order chi connectivity index (χ0) is 18.0. The summed E-state index contributed by atoms with van der Waals surface area (Å²) in [7, 11) is -2.05. The van der Waals surface area contributed by atoms with Crippen molar-refractivity contribution in [3.05, 3.63) is 41.7 Å². The molecule has 1 unspecified atom stereocenters. The maximum atomic E-state index is 12.9. The van der Waals surface area contributed by atoms with Crippen molar-refractivity contribution in [2.45, 2.75) is 31.3 Å². The van der Waals surface area contributed by atoms with Gasteiger partial charge in [-0.25, -0.2) is 18.4 Å². The molecule has 0 spiro atoms. The van der Waals surface area contributed by atoms with Crippen LogP contribution in [-0.4, -0.2) is 49.0 Å². The van der Waals surface area contributed by atoms with Crippen LogP contribution < -0.4 is 9.47 Å². The Morgan fingerprint density at radius 1 is 1.16 bits per heavy atom. The van der Waals surface area contributed by atoms with E-state index in [1.54, 1.807) is 6.07 Å². The van der Waals surface area contributed by atoms with Gasteiger partial charge in [0, 0.05) is 18.9 Å². The average Bonchev–Trinajstić information content (AvgIpc) is 3.04. The molecular weight excluding hydrogens is 342 g/mol. The van der Waals surface area contributed by atoms with E-state index in [4.69, 9.17) is 9.47 Å². The molecule has 3 rings (SSSR count). The van der Waals surface area contributed by atoms with E-state index in [9.17, 15) is 8.42 Å². The molecule has 25 heavy (non-hydrogen) atoms. The van der Waals surface area contributed by atoms with Crippen molar-refractivity contribution in [2.24, 2.45) is 0 Å². The van der Waals surface area contributed by atoms with E-state index >= 15 is 0 Å². The van der Waals surface area contributed by atoms with Crippen LogP contribution in [0.2, 0.25) is 0 Å². The van der Waals surface area contributed by atoms with E-state index in [1.807, 2.05) is 26.0 Å². The van der Waals surface area contributed by atoms with Gasteiger partial charge in [-0.15, -0.1) is 0 Å². The molecular formula is C17H21N3O4S. The first-order valence-corrected chi connectivity index (χ1v) is 9.45. The largest absolute Gasteiger partial charge is 0.477 e. The molecule has 7 nitrogen and oxygen atoms in total. The minimum Gasteiger partial charge on any atom is -0.477 e. The van der Waals surface area contributed by atoms with Crippen LogP contribution in [-0.2, 0) is 10.0 Å².